The van der Waals surface area contributed by atoms with Crippen molar-refractivity contribution in [2.45, 2.75) is 59.8 Å². The fraction of sp³-hybridized carbons (Fsp3) is 0.458. The first kappa shape index (κ1) is 22.2. The normalized spacial score (nSPS) is 19.1. The van der Waals surface area contributed by atoms with E-state index in [1.807, 2.05) is 20.8 Å². The van der Waals surface area contributed by atoms with Crippen LogP contribution in [0.2, 0.25) is 0 Å². The molecule has 0 unspecified atom stereocenters. The Morgan fingerprint density at radius 2 is 1.73 bits per heavy atom. The predicted octanol–water partition coefficient (Wildman–Crippen LogP) is 5.85. The van der Waals surface area contributed by atoms with Gasteiger partial charge in [0.2, 0.25) is 5.91 Å². The average Bonchev–Trinajstić information content (AvgIpc) is 3.08. The molecule has 0 saturated carbocycles. The van der Waals surface area contributed by atoms with Crippen LogP contribution in [0.1, 0.15) is 56.9 Å². The molecule has 0 radical (unpaired) electrons. The first-order chi connectivity index (χ1) is 14.3. The number of hydrogen-bond donors (Lipinski definition) is 2. The molecule has 30 heavy (non-hydrogen) atoms. The number of aryl methyl sites for hydroxylation is 2. The Morgan fingerprint density at radius 1 is 1.10 bits per heavy atom. The summed E-state index contributed by atoms with van der Waals surface area (Å²) in [4.78, 5) is 30.3. The third kappa shape index (κ3) is 4.98. The summed E-state index contributed by atoms with van der Waals surface area (Å²) >= 11 is 1.43. The number of hydrogen-bond acceptors (Lipinski definition) is 4. The lowest BCUT2D eigenvalue weighted by atomic mass is 9.76. The van der Waals surface area contributed by atoms with E-state index in [4.69, 9.17) is 0 Å². The van der Waals surface area contributed by atoms with Gasteiger partial charge in [-0.05, 0) is 52.0 Å². The molecule has 1 aromatic carbocycles. The highest BCUT2D eigenvalue weighted by Crippen LogP contribution is 2.36. The Hall–Kier alpha value is -2.47. The molecule has 2 N–H and O–H groups in total. The number of thiazole rings is 1. The van der Waals surface area contributed by atoms with Crippen LogP contribution < -0.4 is 5.32 Å². The van der Waals surface area contributed by atoms with Crippen molar-refractivity contribution in [3.63, 3.8) is 0 Å². The van der Waals surface area contributed by atoms with E-state index in [0.717, 1.165) is 33.7 Å². The summed E-state index contributed by atoms with van der Waals surface area (Å²) in [5.74, 6) is -2.44. The van der Waals surface area contributed by atoms with Crippen molar-refractivity contribution in [2.75, 3.05) is 5.32 Å². The van der Waals surface area contributed by atoms with Crippen molar-refractivity contribution in [2.24, 2.45) is 11.8 Å². The maximum atomic E-state index is 12.9. The molecular weight excluding hydrogens is 396 g/mol. The zero-order chi connectivity index (χ0) is 21.8. The molecule has 1 aliphatic carbocycles. The number of allylic oxidation sites excluding steroid dienone is 2. The van der Waals surface area contributed by atoms with Crippen LogP contribution >= 0.6 is 11.3 Å². The smallest absolute Gasteiger partial charge is 0.307 e. The quantitative estimate of drug-likeness (QED) is 0.545. The number of benzene rings is 1. The van der Waals surface area contributed by atoms with Gasteiger partial charge >= 0.3 is 5.97 Å². The molecule has 1 aromatic heterocycles. The summed E-state index contributed by atoms with van der Waals surface area (Å²) in [5.41, 5.74) is 5.38. The van der Waals surface area contributed by atoms with Crippen LogP contribution in [0.4, 0.5) is 5.13 Å². The second-order valence-electron chi connectivity index (χ2n) is 8.23. The Kier molecular flexibility index (Phi) is 7.08. The highest BCUT2D eigenvalue weighted by molar-refractivity contribution is 7.16. The van der Waals surface area contributed by atoms with E-state index in [1.165, 1.54) is 29.7 Å². The summed E-state index contributed by atoms with van der Waals surface area (Å²) < 4.78 is 0. The highest BCUT2D eigenvalue weighted by atomic mass is 32.1. The molecule has 5 nitrogen and oxygen atoms in total. The number of amides is 1. The monoisotopic (exact) mass is 426 g/mol. The summed E-state index contributed by atoms with van der Waals surface area (Å²) in [5, 5.41) is 13.0. The topological polar surface area (TPSA) is 79.3 Å². The number of aliphatic carboxylic acids is 1. The third-order valence-electron chi connectivity index (χ3n) is 5.99. The lowest BCUT2D eigenvalue weighted by Gasteiger charge is -2.29. The van der Waals surface area contributed by atoms with Gasteiger partial charge in [-0.1, -0.05) is 48.8 Å². The predicted molar refractivity (Wildman–Crippen MR) is 122 cm³/mol. The second-order valence-corrected chi connectivity index (χ2v) is 9.44. The Bertz CT molecular complexity index is 959. The SMILES string of the molecule is CCCCc1ccc(-c2nc(NC(=O)[C@H]3CC(C)=C(C)C[C@H]3C(=O)O)sc2C)cc1. The van der Waals surface area contributed by atoms with E-state index in [2.05, 4.69) is 41.5 Å². The molecule has 0 spiro atoms. The number of rotatable bonds is 7. The van der Waals surface area contributed by atoms with Crippen LogP contribution in [0.5, 0.6) is 0 Å². The van der Waals surface area contributed by atoms with Gasteiger partial charge in [-0.25, -0.2) is 4.98 Å². The Labute approximate surface area is 182 Å². The van der Waals surface area contributed by atoms with Gasteiger partial charge in [0.1, 0.15) is 0 Å². The van der Waals surface area contributed by atoms with Gasteiger partial charge in [0, 0.05) is 10.4 Å². The van der Waals surface area contributed by atoms with E-state index in [1.54, 1.807) is 0 Å². The van der Waals surface area contributed by atoms with Crippen LogP contribution in [0, 0.1) is 18.8 Å². The molecule has 160 valence electrons. The number of anilines is 1. The van der Waals surface area contributed by atoms with Crippen LogP contribution in [0.25, 0.3) is 11.3 Å². The third-order valence-corrected chi connectivity index (χ3v) is 6.88. The van der Waals surface area contributed by atoms with Gasteiger partial charge in [-0.3, -0.25) is 9.59 Å². The van der Waals surface area contributed by atoms with Crippen molar-refractivity contribution < 1.29 is 14.7 Å². The van der Waals surface area contributed by atoms with Crippen LogP contribution in [-0.4, -0.2) is 22.0 Å². The second kappa shape index (κ2) is 9.56. The van der Waals surface area contributed by atoms with E-state index < -0.39 is 17.8 Å². The van der Waals surface area contributed by atoms with Crippen molar-refractivity contribution in [1.82, 2.24) is 4.98 Å². The fourth-order valence-electron chi connectivity index (χ4n) is 3.95. The molecule has 0 bridgehead atoms. The average molecular weight is 427 g/mol. The van der Waals surface area contributed by atoms with E-state index in [-0.39, 0.29) is 5.91 Å². The first-order valence-corrected chi connectivity index (χ1v) is 11.4. The minimum atomic E-state index is -0.916. The zero-order valence-electron chi connectivity index (χ0n) is 18.1. The number of carboxylic acid groups (broad SMARTS) is 1. The molecular formula is C24H30N2O3S. The number of carbonyl (C=O) groups is 2. The van der Waals surface area contributed by atoms with Gasteiger partial charge < -0.3 is 10.4 Å². The van der Waals surface area contributed by atoms with E-state index in [9.17, 15) is 14.7 Å². The molecule has 1 aliphatic rings. The van der Waals surface area contributed by atoms with Gasteiger partial charge in [0.15, 0.2) is 5.13 Å². The minimum absolute atomic E-state index is 0.260. The van der Waals surface area contributed by atoms with Crippen LogP contribution in [-0.2, 0) is 16.0 Å². The van der Waals surface area contributed by atoms with Crippen molar-refractivity contribution in [3.05, 3.63) is 45.9 Å². The molecule has 2 aromatic rings. The maximum Gasteiger partial charge on any atom is 0.307 e. The van der Waals surface area contributed by atoms with Crippen LogP contribution in [0.15, 0.2) is 35.4 Å². The number of carbonyl (C=O) groups excluding carboxylic acids is 1. The lowest BCUT2D eigenvalue weighted by Crippen LogP contribution is -2.36. The zero-order valence-corrected chi connectivity index (χ0v) is 18.9. The molecule has 1 heterocycles. The van der Waals surface area contributed by atoms with Crippen molar-refractivity contribution in [1.29, 1.82) is 0 Å². The highest BCUT2D eigenvalue weighted by Gasteiger charge is 2.37. The van der Waals surface area contributed by atoms with E-state index >= 15 is 0 Å². The number of unbranched alkanes of at least 4 members (excludes halogenated alkanes) is 1. The number of nitrogens with one attached hydrogen (secondary N) is 1. The summed E-state index contributed by atoms with van der Waals surface area (Å²) in [6.07, 6.45) is 4.33. The van der Waals surface area contributed by atoms with Crippen LogP contribution in [0.3, 0.4) is 0 Å². The number of carboxylic acids is 1. The molecule has 2 atom stereocenters. The van der Waals surface area contributed by atoms with Gasteiger partial charge in [0.25, 0.3) is 0 Å². The summed E-state index contributed by atoms with van der Waals surface area (Å²) in [6.45, 7) is 8.10. The Morgan fingerprint density at radius 3 is 2.33 bits per heavy atom. The van der Waals surface area contributed by atoms with Crippen molar-refractivity contribution >= 4 is 28.3 Å². The lowest BCUT2D eigenvalue weighted by molar-refractivity contribution is -0.146. The molecule has 0 fully saturated rings. The molecule has 0 aliphatic heterocycles. The first-order valence-electron chi connectivity index (χ1n) is 10.6. The largest absolute Gasteiger partial charge is 0.481 e. The number of aromatic nitrogens is 1. The van der Waals surface area contributed by atoms with E-state index in [0.29, 0.717) is 18.0 Å². The summed E-state index contributed by atoms with van der Waals surface area (Å²) in [6, 6.07) is 8.44. The minimum Gasteiger partial charge on any atom is -0.481 e. The standard InChI is InChI=1S/C24H30N2O3S/c1-5-6-7-17-8-10-18(11-9-17)21-16(4)30-24(25-21)26-22(27)19-12-14(2)15(3)13-20(19)23(28)29/h8-11,19-20H,5-7,12-13H2,1-4H3,(H,28,29)(H,25,26,27)/t19-,20+/m0/s1. The number of nitrogens with zero attached hydrogens (tertiary/aromatic N) is 1. The van der Waals surface area contributed by atoms with Gasteiger partial charge in [-0.15, -0.1) is 11.3 Å². The maximum absolute atomic E-state index is 12.9. The van der Waals surface area contributed by atoms with Gasteiger partial charge in [0.05, 0.1) is 17.5 Å². The molecule has 6 heteroatoms. The molecule has 0 saturated heterocycles. The Balaban J connectivity index is 1.75. The van der Waals surface area contributed by atoms with Crippen molar-refractivity contribution in [3.8, 4) is 11.3 Å². The summed E-state index contributed by atoms with van der Waals surface area (Å²) in [7, 11) is 0. The molecule has 3 rings (SSSR count). The van der Waals surface area contributed by atoms with Gasteiger partial charge in [-0.2, -0.15) is 0 Å². The fourth-order valence-corrected chi connectivity index (χ4v) is 4.79. The molecule has 1 amide bonds.